The first-order valence-corrected chi connectivity index (χ1v) is 8.86. The van der Waals surface area contributed by atoms with Crippen LogP contribution in [-0.4, -0.2) is 24.2 Å². The van der Waals surface area contributed by atoms with Gasteiger partial charge in [0.25, 0.3) is 5.91 Å². The number of halogens is 4. The molecule has 0 saturated heterocycles. The second kappa shape index (κ2) is 9.52. The van der Waals surface area contributed by atoms with E-state index in [1.807, 2.05) is 0 Å². The molecule has 0 unspecified atom stereocenters. The van der Waals surface area contributed by atoms with Gasteiger partial charge in [0.2, 0.25) is 5.91 Å². The molecule has 2 amide bonds. The number of alkyl halides is 3. The molecule has 0 atom stereocenters. The summed E-state index contributed by atoms with van der Waals surface area (Å²) in [6, 6.07) is 10.8. The zero-order valence-electron chi connectivity index (χ0n) is 13.7. The smallest absolute Gasteiger partial charge is 0.416 e. The summed E-state index contributed by atoms with van der Waals surface area (Å²) in [6.07, 6.45) is -4.44. The van der Waals surface area contributed by atoms with Gasteiger partial charge < -0.3 is 4.74 Å². The van der Waals surface area contributed by atoms with E-state index < -0.39 is 30.2 Å². The monoisotopic (exact) mass is 418 g/mol. The number of ether oxygens (including phenoxy) is 1. The van der Waals surface area contributed by atoms with E-state index in [-0.39, 0.29) is 11.5 Å². The molecule has 27 heavy (non-hydrogen) atoms. The average molecular weight is 419 g/mol. The molecule has 0 bridgehead atoms. The summed E-state index contributed by atoms with van der Waals surface area (Å²) < 4.78 is 42.4. The van der Waals surface area contributed by atoms with Gasteiger partial charge in [-0.2, -0.15) is 13.2 Å². The summed E-state index contributed by atoms with van der Waals surface area (Å²) >= 11 is 7.02. The largest absolute Gasteiger partial charge is 0.484 e. The summed E-state index contributed by atoms with van der Waals surface area (Å²) in [5, 5.41) is 0.587. The van der Waals surface area contributed by atoms with Gasteiger partial charge in [0.1, 0.15) is 5.75 Å². The zero-order valence-corrected chi connectivity index (χ0v) is 15.3. The number of carbonyl (C=O) groups is 2. The Morgan fingerprint density at radius 2 is 1.56 bits per heavy atom. The van der Waals surface area contributed by atoms with Crippen LogP contribution in [0.1, 0.15) is 5.56 Å². The van der Waals surface area contributed by atoms with Crippen molar-refractivity contribution >= 4 is 35.2 Å². The Balaban J connectivity index is 1.68. The topological polar surface area (TPSA) is 67.4 Å². The van der Waals surface area contributed by atoms with Crippen molar-refractivity contribution in [1.29, 1.82) is 0 Å². The lowest BCUT2D eigenvalue weighted by Gasteiger charge is -2.10. The lowest BCUT2D eigenvalue weighted by molar-refractivity contribution is -0.137. The van der Waals surface area contributed by atoms with Crippen molar-refractivity contribution in [2.75, 3.05) is 12.4 Å². The lowest BCUT2D eigenvalue weighted by atomic mass is 10.2. The molecule has 5 nitrogen and oxygen atoms in total. The van der Waals surface area contributed by atoms with Crippen molar-refractivity contribution in [2.24, 2.45) is 0 Å². The standard InChI is InChI=1S/C17H14ClF3N2O3S/c18-12-3-7-14(8-4-12)27-10-16(25)23-22-15(24)9-26-13-5-1-11(2-6-13)17(19,20)21/h1-8H,9-10H2,(H,22,24)(H,23,25). The first-order valence-electron chi connectivity index (χ1n) is 7.50. The molecule has 0 radical (unpaired) electrons. The molecule has 0 aliphatic rings. The molecule has 0 aliphatic heterocycles. The zero-order chi connectivity index (χ0) is 19.9. The summed E-state index contributed by atoms with van der Waals surface area (Å²) in [5.74, 6) is -0.915. The van der Waals surface area contributed by atoms with Crippen LogP contribution in [-0.2, 0) is 15.8 Å². The molecule has 2 rings (SSSR count). The number of amides is 2. The molecule has 0 aliphatic carbocycles. The average Bonchev–Trinajstić information content (AvgIpc) is 2.64. The molecule has 0 saturated carbocycles. The molecule has 2 N–H and O–H groups in total. The highest BCUT2D eigenvalue weighted by molar-refractivity contribution is 8.00. The number of thioether (sulfide) groups is 1. The van der Waals surface area contributed by atoms with Crippen LogP contribution in [0.4, 0.5) is 13.2 Å². The predicted octanol–water partition coefficient (Wildman–Crippen LogP) is 3.68. The SMILES string of the molecule is O=C(COc1ccc(C(F)(F)F)cc1)NNC(=O)CSc1ccc(Cl)cc1. The minimum Gasteiger partial charge on any atom is -0.484 e. The molecule has 144 valence electrons. The molecule has 2 aromatic carbocycles. The number of benzene rings is 2. The van der Waals surface area contributed by atoms with Crippen molar-refractivity contribution in [3.05, 3.63) is 59.1 Å². The van der Waals surface area contributed by atoms with Gasteiger partial charge in [0, 0.05) is 9.92 Å². The third-order valence-electron chi connectivity index (χ3n) is 3.08. The van der Waals surface area contributed by atoms with E-state index in [1.165, 1.54) is 11.8 Å². The molecular weight excluding hydrogens is 405 g/mol. The van der Waals surface area contributed by atoms with Crippen molar-refractivity contribution in [2.45, 2.75) is 11.1 Å². The van der Waals surface area contributed by atoms with E-state index >= 15 is 0 Å². The van der Waals surface area contributed by atoms with Crippen LogP contribution in [0.25, 0.3) is 0 Å². The third-order valence-corrected chi connectivity index (χ3v) is 4.34. The molecule has 0 aromatic heterocycles. The quantitative estimate of drug-likeness (QED) is 0.555. The molecule has 0 fully saturated rings. The van der Waals surface area contributed by atoms with E-state index in [0.717, 1.165) is 29.2 Å². The number of hydrazine groups is 1. The van der Waals surface area contributed by atoms with E-state index in [0.29, 0.717) is 5.02 Å². The number of hydrogen-bond acceptors (Lipinski definition) is 4. The highest BCUT2D eigenvalue weighted by Gasteiger charge is 2.30. The first kappa shape index (κ1) is 20.9. The second-order valence-corrected chi connectivity index (χ2v) is 6.63. The van der Waals surface area contributed by atoms with Crippen molar-refractivity contribution < 1.29 is 27.5 Å². The van der Waals surface area contributed by atoms with E-state index in [1.54, 1.807) is 24.3 Å². The highest BCUT2D eigenvalue weighted by Crippen LogP contribution is 2.30. The molecule has 10 heteroatoms. The molecular formula is C17H14ClF3N2O3S. The van der Waals surface area contributed by atoms with Crippen molar-refractivity contribution in [3.8, 4) is 5.75 Å². The van der Waals surface area contributed by atoms with Crippen molar-refractivity contribution in [3.63, 3.8) is 0 Å². The fourth-order valence-electron chi connectivity index (χ4n) is 1.78. The minimum absolute atomic E-state index is 0.0711. The lowest BCUT2D eigenvalue weighted by Crippen LogP contribution is -2.44. The van der Waals surface area contributed by atoms with Gasteiger partial charge in [-0.1, -0.05) is 11.6 Å². The van der Waals surface area contributed by atoms with E-state index in [9.17, 15) is 22.8 Å². The van der Waals surface area contributed by atoms with Gasteiger partial charge in [-0.3, -0.25) is 20.4 Å². The number of carbonyl (C=O) groups excluding carboxylic acids is 2. The van der Waals surface area contributed by atoms with Gasteiger partial charge in [-0.15, -0.1) is 11.8 Å². The van der Waals surface area contributed by atoms with E-state index in [4.69, 9.17) is 16.3 Å². The van der Waals surface area contributed by atoms with Gasteiger partial charge >= 0.3 is 6.18 Å². The Bertz CT molecular complexity index is 784. The fourth-order valence-corrected chi connectivity index (χ4v) is 2.60. The highest BCUT2D eigenvalue weighted by atomic mass is 35.5. The maximum absolute atomic E-state index is 12.4. The van der Waals surface area contributed by atoms with Crippen molar-refractivity contribution in [1.82, 2.24) is 10.9 Å². The van der Waals surface area contributed by atoms with Gasteiger partial charge in [-0.05, 0) is 48.5 Å². The van der Waals surface area contributed by atoms with Crippen LogP contribution in [0.2, 0.25) is 5.02 Å². The first-order chi connectivity index (χ1) is 12.7. The van der Waals surface area contributed by atoms with Crippen LogP contribution in [0, 0.1) is 0 Å². The molecule has 0 heterocycles. The van der Waals surface area contributed by atoms with Gasteiger partial charge in [0.05, 0.1) is 11.3 Å². The van der Waals surface area contributed by atoms with E-state index in [2.05, 4.69) is 10.9 Å². The van der Waals surface area contributed by atoms with Crippen LogP contribution in [0.5, 0.6) is 5.75 Å². The Kier molecular flexibility index (Phi) is 7.37. The number of hydrogen-bond donors (Lipinski definition) is 2. The summed E-state index contributed by atoms with van der Waals surface area (Å²) in [7, 11) is 0. The van der Waals surface area contributed by atoms with Crippen LogP contribution >= 0.6 is 23.4 Å². The molecule has 0 spiro atoms. The van der Waals surface area contributed by atoms with Crippen LogP contribution in [0.15, 0.2) is 53.4 Å². The maximum Gasteiger partial charge on any atom is 0.416 e. The Morgan fingerprint density at radius 1 is 0.963 bits per heavy atom. The normalized spacial score (nSPS) is 11.0. The van der Waals surface area contributed by atoms with Gasteiger partial charge in [0.15, 0.2) is 6.61 Å². The maximum atomic E-state index is 12.4. The fraction of sp³-hybridized carbons (Fsp3) is 0.176. The van der Waals surface area contributed by atoms with Crippen LogP contribution in [0.3, 0.4) is 0 Å². The minimum atomic E-state index is -4.44. The number of rotatable bonds is 6. The Hall–Kier alpha value is -2.39. The number of nitrogens with one attached hydrogen (secondary N) is 2. The second-order valence-electron chi connectivity index (χ2n) is 5.15. The molecule has 2 aromatic rings. The summed E-state index contributed by atoms with van der Waals surface area (Å²) in [4.78, 5) is 24.1. The van der Waals surface area contributed by atoms with Crippen LogP contribution < -0.4 is 15.6 Å². The summed E-state index contributed by atoms with van der Waals surface area (Å²) in [5.41, 5.74) is 3.56. The Morgan fingerprint density at radius 3 is 2.15 bits per heavy atom. The Labute approximate surface area is 162 Å². The third kappa shape index (κ3) is 7.40. The summed E-state index contributed by atoms with van der Waals surface area (Å²) in [6.45, 7) is -0.462. The predicted molar refractivity (Wildman–Crippen MR) is 95.4 cm³/mol. The van der Waals surface area contributed by atoms with Gasteiger partial charge in [-0.25, -0.2) is 0 Å².